The van der Waals surface area contributed by atoms with E-state index in [0.717, 1.165) is 0 Å². The molecule has 0 aromatic rings. The van der Waals surface area contributed by atoms with Crippen LogP contribution in [-0.2, 0) is 0 Å². The summed E-state index contributed by atoms with van der Waals surface area (Å²) in [6.45, 7) is 1.54. The third-order valence-electron chi connectivity index (χ3n) is 1.39. The van der Waals surface area contributed by atoms with Crippen LogP contribution in [0.4, 0.5) is 0 Å². The zero-order valence-electron chi connectivity index (χ0n) is 5.00. The van der Waals surface area contributed by atoms with E-state index in [1.165, 1.54) is 0 Å². The predicted octanol–water partition coefficient (Wildman–Crippen LogP) is -0.942. The van der Waals surface area contributed by atoms with Gasteiger partial charge in [-0.05, 0) is 6.92 Å². The largest absolute Gasteiger partial charge is 0.508 e. The molecule has 0 fully saturated rings. The second-order valence-corrected chi connectivity index (χ2v) is 2.04. The van der Waals surface area contributed by atoms with E-state index >= 15 is 0 Å². The smallest absolute Gasteiger partial charge is 0.165 e. The first-order valence-electron chi connectivity index (χ1n) is 2.64. The van der Waals surface area contributed by atoms with Gasteiger partial charge < -0.3 is 15.3 Å². The van der Waals surface area contributed by atoms with Crippen LogP contribution in [0.15, 0.2) is 11.3 Å². The van der Waals surface area contributed by atoms with Crippen molar-refractivity contribution < 1.29 is 15.3 Å². The van der Waals surface area contributed by atoms with Gasteiger partial charge in [-0.25, -0.2) is 0 Å². The van der Waals surface area contributed by atoms with E-state index < -0.39 is 12.5 Å². The molecular weight excluding hydrogens is 122 g/mol. The lowest BCUT2D eigenvalue weighted by Gasteiger charge is -2.03. The standard InChI is InChI=1S/C5H9NO3/c1-2-3(7)5(9)6-4(2)8/h4-9H,1H3. The van der Waals surface area contributed by atoms with Crippen LogP contribution in [0.2, 0.25) is 0 Å². The second-order valence-electron chi connectivity index (χ2n) is 2.04. The van der Waals surface area contributed by atoms with Crippen LogP contribution in [0.5, 0.6) is 0 Å². The van der Waals surface area contributed by atoms with Crippen molar-refractivity contribution >= 4 is 0 Å². The number of aliphatic hydroxyl groups is 3. The van der Waals surface area contributed by atoms with Gasteiger partial charge in [0.05, 0.1) is 0 Å². The molecule has 2 unspecified atom stereocenters. The van der Waals surface area contributed by atoms with Gasteiger partial charge in [-0.1, -0.05) is 0 Å². The number of aliphatic hydroxyl groups excluding tert-OH is 3. The second kappa shape index (κ2) is 1.98. The summed E-state index contributed by atoms with van der Waals surface area (Å²) in [5.74, 6) is -0.178. The van der Waals surface area contributed by atoms with Gasteiger partial charge >= 0.3 is 0 Å². The highest BCUT2D eigenvalue weighted by atomic mass is 16.4. The van der Waals surface area contributed by atoms with Crippen LogP contribution in [0, 0.1) is 0 Å². The zero-order valence-corrected chi connectivity index (χ0v) is 5.00. The van der Waals surface area contributed by atoms with Crippen molar-refractivity contribution in [3.63, 3.8) is 0 Å². The molecule has 2 atom stereocenters. The maximum Gasteiger partial charge on any atom is 0.165 e. The van der Waals surface area contributed by atoms with E-state index in [1.807, 2.05) is 0 Å². The van der Waals surface area contributed by atoms with Gasteiger partial charge in [0.1, 0.15) is 12.0 Å². The maximum atomic E-state index is 8.85. The van der Waals surface area contributed by atoms with Crippen molar-refractivity contribution in [1.29, 1.82) is 0 Å². The Morgan fingerprint density at radius 2 is 1.89 bits per heavy atom. The highest BCUT2D eigenvalue weighted by molar-refractivity contribution is 5.18. The zero-order chi connectivity index (χ0) is 7.02. The molecule has 0 saturated carbocycles. The van der Waals surface area contributed by atoms with Gasteiger partial charge in [-0.15, -0.1) is 0 Å². The predicted molar refractivity (Wildman–Crippen MR) is 30.5 cm³/mol. The molecule has 1 aliphatic heterocycles. The van der Waals surface area contributed by atoms with E-state index in [0.29, 0.717) is 5.57 Å². The molecule has 1 aliphatic rings. The molecule has 0 saturated heterocycles. The van der Waals surface area contributed by atoms with Crippen LogP contribution in [0.1, 0.15) is 6.92 Å². The van der Waals surface area contributed by atoms with Crippen molar-refractivity contribution in [2.75, 3.05) is 0 Å². The minimum Gasteiger partial charge on any atom is -0.508 e. The Balaban J connectivity index is 2.79. The Morgan fingerprint density at radius 1 is 1.33 bits per heavy atom. The summed E-state index contributed by atoms with van der Waals surface area (Å²) in [6, 6.07) is 0. The lowest BCUT2D eigenvalue weighted by Crippen LogP contribution is -2.31. The molecule has 0 amide bonds. The fourth-order valence-corrected chi connectivity index (χ4v) is 0.709. The summed E-state index contributed by atoms with van der Waals surface area (Å²) in [7, 11) is 0. The number of rotatable bonds is 0. The summed E-state index contributed by atoms with van der Waals surface area (Å²) in [5.41, 5.74) is 0.377. The quantitative estimate of drug-likeness (QED) is 0.342. The lowest BCUT2D eigenvalue weighted by molar-refractivity contribution is 0.0875. The van der Waals surface area contributed by atoms with E-state index in [9.17, 15) is 0 Å². The molecule has 4 N–H and O–H groups in total. The van der Waals surface area contributed by atoms with Gasteiger partial charge in [-0.2, -0.15) is 0 Å². The van der Waals surface area contributed by atoms with E-state index in [4.69, 9.17) is 15.3 Å². The molecule has 0 radical (unpaired) electrons. The van der Waals surface area contributed by atoms with Gasteiger partial charge in [0.2, 0.25) is 0 Å². The van der Waals surface area contributed by atoms with Gasteiger partial charge in [-0.3, -0.25) is 5.32 Å². The molecule has 0 aromatic carbocycles. The monoisotopic (exact) mass is 131 g/mol. The van der Waals surface area contributed by atoms with Crippen molar-refractivity contribution in [3.8, 4) is 0 Å². The number of nitrogens with one attached hydrogen (secondary N) is 1. The van der Waals surface area contributed by atoms with E-state index in [2.05, 4.69) is 5.32 Å². The highest BCUT2D eigenvalue weighted by Crippen LogP contribution is 2.14. The summed E-state index contributed by atoms with van der Waals surface area (Å²) in [5, 5.41) is 28.8. The van der Waals surface area contributed by atoms with Crippen molar-refractivity contribution in [2.45, 2.75) is 19.4 Å². The molecule has 52 valence electrons. The van der Waals surface area contributed by atoms with E-state index in [1.54, 1.807) is 6.92 Å². The van der Waals surface area contributed by atoms with Crippen LogP contribution < -0.4 is 5.32 Å². The molecule has 4 nitrogen and oxygen atoms in total. The topological polar surface area (TPSA) is 72.7 Å². The summed E-state index contributed by atoms with van der Waals surface area (Å²) < 4.78 is 0. The molecular formula is C5H9NO3. The average Bonchev–Trinajstić information content (AvgIpc) is 1.98. The first-order valence-corrected chi connectivity index (χ1v) is 2.64. The van der Waals surface area contributed by atoms with Crippen molar-refractivity contribution in [3.05, 3.63) is 11.3 Å². The van der Waals surface area contributed by atoms with Crippen molar-refractivity contribution in [2.24, 2.45) is 0 Å². The number of hydrogen-bond donors (Lipinski definition) is 4. The molecule has 0 bridgehead atoms. The minimum absolute atomic E-state index is 0.178. The van der Waals surface area contributed by atoms with E-state index in [-0.39, 0.29) is 5.76 Å². The summed E-state index contributed by atoms with van der Waals surface area (Å²) in [4.78, 5) is 0. The van der Waals surface area contributed by atoms with Crippen LogP contribution in [0.3, 0.4) is 0 Å². The van der Waals surface area contributed by atoms with Crippen LogP contribution in [0.25, 0.3) is 0 Å². The molecule has 9 heavy (non-hydrogen) atoms. The Hall–Kier alpha value is -0.580. The maximum absolute atomic E-state index is 8.85. The fourth-order valence-electron chi connectivity index (χ4n) is 0.709. The molecule has 1 heterocycles. The first kappa shape index (κ1) is 6.54. The lowest BCUT2D eigenvalue weighted by atomic mass is 10.3. The van der Waals surface area contributed by atoms with Crippen LogP contribution >= 0.6 is 0 Å². The third kappa shape index (κ3) is 0.917. The van der Waals surface area contributed by atoms with Gasteiger partial charge in [0.25, 0.3) is 0 Å². The SMILES string of the molecule is CC1=C(O)C(O)NC1O. The molecule has 4 heteroatoms. The van der Waals surface area contributed by atoms with Gasteiger partial charge in [0, 0.05) is 5.57 Å². The average molecular weight is 131 g/mol. The first-order chi connectivity index (χ1) is 4.13. The van der Waals surface area contributed by atoms with Gasteiger partial charge in [0.15, 0.2) is 6.23 Å². The molecule has 0 spiro atoms. The third-order valence-corrected chi connectivity index (χ3v) is 1.39. The van der Waals surface area contributed by atoms with Crippen LogP contribution in [-0.4, -0.2) is 27.8 Å². The summed E-state index contributed by atoms with van der Waals surface area (Å²) >= 11 is 0. The normalized spacial score (nSPS) is 35.9. The Bertz CT molecular complexity index is 138. The molecule has 0 aliphatic carbocycles. The Labute approximate surface area is 52.4 Å². The molecule has 0 aromatic heterocycles. The highest BCUT2D eigenvalue weighted by Gasteiger charge is 2.26. The summed E-state index contributed by atoms with van der Waals surface area (Å²) in [6.07, 6.45) is -2.00. The minimum atomic E-state index is -1.10. The van der Waals surface area contributed by atoms with Crippen molar-refractivity contribution in [1.82, 2.24) is 5.32 Å². The Morgan fingerprint density at radius 3 is 2.00 bits per heavy atom. The fraction of sp³-hybridized carbons (Fsp3) is 0.600. The molecule has 1 rings (SSSR count). The Kier molecular flexibility index (Phi) is 1.44. The number of hydrogen-bond acceptors (Lipinski definition) is 4.